The number of aryl methyl sites for hydroxylation is 1. The molecule has 1 aliphatic carbocycles. The molecule has 0 spiro atoms. The van der Waals surface area contributed by atoms with Gasteiger partial charge in [-0.25, -0.2) is 4.39 Å². The molecule has 90 valence electrons. The highest BCUT2D eigenvalue weighted by Gasteiger charge is 2.10. The average Bonchev–Trinajstić information content (AvgIpc) is 2.29. The number of carbonyl (C=O) groups excluding carboxylic acids is 1. The van der Waals surface area contributed by atoms with Crippen molar-refractivity contribution in [1.29, 1.82) is 0 Å². The summed E-state index contributed by atoms with van der Waals surface area (Å²) in [5, 5.41) is 0. The molecule has 0 N–H and O–H groups in total. The second kappa shape index (κ2) is 5.26. The topological polar surface area (TPSA) is 17.1 Å². The second-order valence-corrected chi connectivity index (χ2v) is 4.74. The molecule has 0 amide bonds. The Morgan fingerprint density at radius 2 is 1.88 bits per heavy atom. The number of halogens is 1. The van der Waals surface area contributed by atoms with Gasteiger partial charge in [-0.1, -0.05) is 12.0 Å². The molecule has 1 aliphatic rings. The molecule has 1 nitrogen and oxygen atoms in total. The van der Waals surface area contributed by atoms with E-state index in [2.05, 4.69) is 0 Å². The number of allylic oxidation sites excluding steroid dienone is 2. The smallest absolute Gasteiger partial charge is 0.185 e. The van der Waals surface area contributed by atoms with Crippen LogP contribution in [-0.4, -0.2) is 5.78 Å². The summed E-state index contributed by atoms with van der Waals surface area (Å²) >= 11 is 0. The summed E-state index contributed by atoms with van der Waals surface area (Å²) in [7, 11) is 0. The maximum absolute atomic E-state index is 13.2. The van der Waals surface area contributed by atoms with Crippen LogP contribution in [0.2, 0.25) is 0 Å². The predicted molar refractivity (Wildman–Crippen MR) is 66.6 cm³/mol. The largest absolute Gasteiger partial charge is 0.289 e. The van der Waals surface area contributed by atoms with Crippen LogP contribution in [0.15, 0.2) is 29.8 Å². The van der Waals surface area contributed by atoms with E-state index in [4.69, 9.17) is 0 Å². The molecule has 0 saturated heterocycles. The van der Waals surface area contributed by atoms with Crippen LogP contribution in [0.3, 0.4) is 0 Å². The summed E-state index contributed by atoms with van der Waals surface area (Å²) < 4.78 is 13.2. The Labute approximate surface area is 101 Å². The first-order chi connectivity index (χ1) is 8.15. The number of ketones is 1. The predicted octanol–water partition coefficient (Wildman–Crippen LogP) is 4.21. The average molecular weight is 232 g/mol. The Bertz CT molecular complexity index is 432. The highest BCUT2D eigenvalue weighted by atomic mass is 19.1. The first-order valence-electron chi connectivity index (χ1n) is 6.16. The van der Waals surface area contributed by atoms with Gasteiger partial charge < -0.3 is 0 Å². The SMILES string of the molecule is Cc1cc(F)cc(C(=O)C=C2CCCCC2)c1. The molecule has 1 fully saturated rings. The Morgan fingerprint density at radius 3 is 2.53 bits per heavy atom. The monoisotopic (exact) mass is 232 g/mol. The number of benzene rings is 1. The Morgan fingerprint density at radius 1 is 1.18 bits per heavy atom. The first kappa shape index (κ1) is 12.0. The Kier molecular flexibility index (Phi) is 3.72. The van der Waals surface area contributed by atoms with Crippen LogP contribution < -0.4 is 0 Å². The quantitative estimate of drug-likeness (QED) is 0.551. The van der Waals surface area contributed by atoms with E-state index in [-0.39, 0.29) is 11.6 Å². The molecule has 0 aliphatic heterocycles. The van der Waals surface area contributed by atoms with Crippen LogP contribution in [0.25, 0.3) is 0 Å². The van der Waals surface area contributed by atoms with Gasteiger partial charge in [-0.2, -0.15) is 0 Å². The molecule has 0 unspecified atom stereocenters. The molecule has 2 heteroatoms. The van der Waals surface area contributed by atoms with E-state index in [1.54, 1.807) is 19.1 Å². The molecule has 0 atom stereocenters. The van der Waals surface area contributed by atoms with Crippen molar-refractivity contribution in [2.24, 2.45) is 0 Å². The van der Waals surface area contributed by atoms with E-state index in [1.807, 2.05) is 0 Å². The van der Waals surface area contributed by atoms with Crippen LogP contribution in [0.1, 0.15) is 48.0 Å². The summed E-state index contributed by atoms with van der Waals surface area (Å²) in [4.78, 5) is 12.0. The van der Waals surface area contributed by atoms with Crippen LogP contribution in [-0.2, 0) is 0 Å². The first-order valence-corrected chi connectivity index (χ1v) is 6.16. The van der Waals surface area contributed by atoms with Gasteiger partial charge >= 0.3 is 0 Å². The van der Waals surface area contributed by atoms with Crippen LogP contribution in [0.4, 0.5) is 4.39 Å². The van der Waals surface area contributed by atoms with E-state index in [9.17, 15) is 9.18 Å². The van der Waals surface area contributed by atoms with E-state index in [0.29, 0.717) is 5.56 Å². The maximum Gasteiger partial charge on any atom is 0.185 e. The van der Waals surface area contributed by atoms with Gasteiger partial charge in [0.25, 0.3) is 0 Å². The molecule has 0 heterocycles. The van der Waals surface area contributed by atoms with E-state index in [1.165, 1.54) is 37.0 Å². The molecule has 0 aromatic heterocycles. The highest BCUT2D eigenvalue weighted by molar-refractivity contribution is 6.05. The van der Waals surface area contributed by atoms with Gasteiger partial charge in [0.15, 0.2) is 5.78 Å². The zero-order valence-electron chi connectivity index (χ0n) is 10.1. The summed E-state index contributed by atoms with van der Waals surface area (Å²) in [6.45, 7) is 1.80. The Balaban J connectivity index is 2.18. The zero-order chi connectivity index (χ0) is 12.3. The third-order valence-corrected chi connectivity index (χ3v) is 3.16. The summed E-state index contributed by atoms with van der Waals surface area (Å²) in [6.07, 6.45) is 7.32. The molecule has 2 rings (SSSR count). The summed E-state index contributed by atoms with van der Waals surface area (Å²) in [5.41, 5.74) is 2.46. The molecule has 0 radical (unpaired) electrons. The second-order valence-electron chi connectivity index (χ2n) is 4.74. The fourth-order valence-corrected chi connectivity index (χ4v) is 2.30. The molecular weight excluding hydrogens is 215 g/mol. The normalized spacial score (nSPS) is 15.8. The fourth-order valence-electron chi connectivity index (χ4n) is 2.30. The van der Waals surface area contributed by atoms with E-state index >= 15 is 0 Å². The van der Waals surface area contributed by atoms with Crippen molar-refractivity contribution in [3.8, 4) is 0 Å². The van der Waals surface area contributed by atoms with Crippen LogP contribution in [0.5, 0.6) is 0 Å². The van der Waals surface area contributed by atoms with Crippen molar-refractivity contribution in [3.05, 3.63) is 46.8 Å². The van der Waals surface area contributed by atoms with Crippen molar-refractivity contribution in [2.75, 3.05) is 0 Å². The summed E-state index contributed by atoms with van der Waals surface area (Å²) in [6, 6.07) is 4.49. The van der Waals surface area contributed by atoms with Crippen molar-refractivity contribution in [1.82, 2.24) is 0 Å². The highest BCUT2D eigenvalue weighted by Crippen LogP contribution is 2.23. The number of hydrogen-bond acceptors (Lipinski definition) is 1. The molecule has 1 aromatic rings. The van der Waals surface area contributed by atoms with Gasteiger partial charge in [0.05, 0.1) is 0 Å². The standard InChI is InChI=1S/C15H17FO/c1-11-7-13(10-14(16)8-11)15(17)9-12-5-3-2-4-6-12/h7-10H,2-6H2,1H3. The van der Waals surface area contributed by atoms with Gasteiger partial charge in [0.1, 0.15) is 5.82 Å². The minimum absolute atomic E-state index is 0.0653. The maximum atomic E-state index is 13.2. The number of hydrogen-bond donors (Lipinski definition) is 0. The molecule has 1 aromatic carbocycles. The van der Waals surface area contributed by atoms with Gasteiger partial charge in [-0.05, 0) is 62.4 Å². The third kappa shape index (κ3) is 3.26. The van der Waals surface area contributed by atoms with Crippen LogP contribution >= 0.6 is 0 Å². The van der Waals surface area contributed by atoms with Crippen molar-refractivity contribution in [3.63, 3.8) is 0 Å². The van der Waals surface area contributed by atoms with Crippen LogP contribution in [0, 0.1) is 12.7 Å². The summed E-state index contributed by atoms with van der Waals surface area (Å²) in [5.74, 6) is -0.403. The van der Waals surface area contributed by atoms with Gasteiger partial charge in [-0.15, -0.1) is 0 Å². The molecule has 1 saturated carbocycles. The molecule has 17 heavy (non-hydrogen) atoms. The molecule has 0 bridgehead atoms. The van der Waals surface area contributed by atoms with Crippen molar-refractivity contribution in [2.45, 2.75) is 39.0 Å². The third-order valence-electron chi connectivity index (χ3n) is 3.16. The lowest BCUT2D eigenvalue weighted by atomic mass is 9.93. The van der Waals surface area contributed by atoms with E-state index in [0.717, 1.165) is 18.4 Å². The van der Waals surface area contributed by atoms with Gasteiger partial charge in [-0.3, -0.25) is 4.79 Å². The zero-order valence-corrected chi connectivity index (χ0v) is 10.1. The lowest BCUT2D eigenvalue weighted by Gasteiger charge is -2.12. The minimum Gasteiger partial charge on any atom is -0.289 e. The van der Waals surface area contributed by atoms with Crippen molar-refractivity contribution < 1.29 is 9.18 Å². The number of carbonyl (C=O) groups is 1. The number of rotatable bonds is 2. The van der Waals surface area contributed by atoms with Crippen molar-refractivity contribution >= 4 is 5.78 Å². The lowest BCUT2D eigenvalue weighted by Crippen LogP contribution is -2.01. The molecular formula is C15H17FO. The van der Waals surface area contributed by atoms with Gasteiger partial charge in [0, 0.05) is 5.56 Å². The Hall–Kier alpha value is -1.44. The minimum atomic E-state index is -0.338. The van der Waals surface area contributed by atoms with E-state index < -0.39 is 0 Å². The fraction of sp³-hybridized carbons (Fsp3) is 0.400. The van der Waals surface area contributed by atoms with Gasteiger partial charge in [0.2, 0.25) is 0 Å². The lowest BCUT2D eigenvalue weighted by molar-refractivity contribution is 0.104.